The highest BCUT2D eigenvalue weighted by Crippen LogP contribution is 2.38. The molecule has 0 saturated heterocycles. The third-order valence-corrected chi connectivity index (χ3v) is 4.81. The van der Waals surface area contributed by atoms with E-state index >= 15 is 0 Å². The Morgan fingerprint density at radius 1 is 1.19 bits per heavy atom. The van der Waals surface area contributed by atoms with Crippen LogP contribution in [0.2, 0.25) is 5.02 Å². The summed E-state index contributed by atoms with van der Waals surface area (Å²) in [6, 6.07) is 2.24. The number of hydrogen-bond donors (Lipinski definition) is 1. The van der Waals surface area contributed by atoms with Crippen molar-refractivity contribution in [2.75, 3.05) is 6.54 Å². The van der Waals surface area contributed by atoms with Crippen LogP contribution in [0.1, 0.15) is 57.6 Å². The van der Waals surface area contributed by atoms with Crippen LogP contribution in [0, 0.1) is 23.5 Å². The predicted octanol–water partition coefficient (Wildman–Crippen LogP) is 5.49. The third-order valence-electron chi connectivity index (χ3n) is 4.52. The van der Waals surface area contributed by atoms with Gasteiger partial charge in [-0.2, -0.15) is 0 Å². The van der Waals surface area contributed by atoms with Crippen LogP contribution in [0.3, 0.4) is 0 Å². The van der Waals surface area contributed by atoms with Crippen molar-refractivity contribution in [3.05, 3.63) is 34.4 Å². The van der Waals surface area contributed by atoms with Crippen molar-refractivity contribution in [2.24, 2.45) is 11.8 Å². The minimum atomic E-state index is -0.541. The van der Waals surface area contributed by atoms with Gasteiger partial charge in [-0.05, 0) is 49.8 Å². The molecule has 1 saturated carbocycles. The van der Waals surface area contributed by atoms with Crippen molar-refractivity contribution in [3.63, 3.8) is 0 Å². The van der Waals surface area contributed by atoms with Crippen LogP contribution in [0.4, 0.5) is 8.78 Å². The molecule has 1 N–H and O–H groups in total. The molecule has 0 radical (unpaired) electrons. The Bertz CT molecular complexity index is 470. The lowest BCUT2D eigenvalue weighted by Crippen LogP contribution is -2.32. The van der Waals surface area contributed by atoms with E-state index in [1.165, 1.54) is 6.07 Å². The van der Waals surface area contributed by atoms with Gasteiger partial charge in [0, 0.05) is 11.6 Å². The minimum Gasteiger partial charge on any atom is -0.310 e. The molecule has 1 aromatic carbocycles. The van der Waals surface area contributed by atoms with Gasteiger partial charge in [0.2, 0.25) is 0 Å². The number of rotatable bonds is 5. The van der Waals surface area contributed by atoms with Gasteiger partial charge in [0.05, 0.1) is 5.02 Å². The Kier molecular flexibility index (Phi) is 6.00. The highest BCUT2D eigenvalue weighted by molar-refractivity contribution is 6.30. The molecule has 0 bridgehead atoms. The maximum atomic E-state index is 14.2. The van der Waals surface area contributed by atoms with Gasteiger partial charge in [-0.3, -0.25) is 0 Å². The molecule has 2 rings (SSSR count). The average Bonchev–Trinajstić information content (AvgIpc) is 2.46. The zero-order valence-electron chi connectivity index (χ0n) is 12.8. The normalized spacial score (nSPS) is 24.0. The fourth-order valence-electron chi connectivity index (χ4n) is 3.23. The predicted molar refractivity (Wildman–Crippen MR) is 83.5 cm³/mol. The first-order chi connectivity index (χ1) is 10.0. The van der Waals surface area contributed by atoms with Crippen molar-refractivity contribution in [1.82, 2.24) is 5.32 Å². The molecule has 0 spiro atoms. The fourth-order valence-corrected chi connectivity index (χ4v) is 3.38. The Labute approximate surface area is 131 Å². The molecule has 0 aliphatic heterocycles. The smallest absolute Gasteiger partial charge is 0.142 e. The zero-order chi connectivity index (χ0) is 15.4. The first-order valence-corrected chi connectivity index (χ1v) is 8.28. The summed E-state index contributed by atoms with van der Waals surface area (Å²) in [7, 11) is 0. The SMILES string of the molecule is CCCNC(c1cc(F)c(Cl)cc1F)C1CCC(C)CC1. The lowest BCUT2D eigenvalue weighted by molar-refractivity contribution is 0.228. The molecule has 1 atom stereocenters. The van der Waals surface area contributed by atoms with E-state index in [-0.39, 0.29) is 11.1 Å². The second kappa shape index (κ2) is 7.55. The molecule has 1 unspecified atom stereocenters. The average molecular weight is 316 g/mol. The van der Waals surface area contributed by atoms with Gasteiger partial charge >= 0.3 is 0 Å². The van der Waals surface area contributed by atoms with Crippen molar-refractivity contribution in [1.29, 1.82) is 0 Å². The monoisotopic (exact) mass is 315 g/mol. The Morgan fingerprint density at radius 2 is 1.86 bits per heavy atom. The summed E-state index contributed by atoms with van der Waals surface area (Å²) >= 11 is 5.66. The van der Waals surface area contributed by atoms with E-state index in [9.17, 15) is 8.78 Å². The van der Waals surface area contributed by atoms with Crippen molar-refractivity contribution in [2.45, 2.75) is 52.0 Å². The molecule has 0 aromatic heterocycles. The van der Waals surface area contributed by atoms with E-state index in [1.54, 1.807) is 0 Å². The van der Waals surface area contributed by atoms with Crippen LogP contribution < -0.4 is 5.32 Å². The van der Waals surface area contributed by atoms with Crippen LogP contribution in [-0.2, 0) is 0 Å². The fraction of sp³-hybridized carbons (Fsp3) is 0.647. The first-order valence-electron chi connectivity index (χ1n) is 7.90. The topological polar surface area (TPSA) is 12.0 Å². The van der Waals surface area contributed by atoms with Gasteiger partial charge in [-0.15, -0.1) is 0 Å². The van der Waals surface area contributed by atoms with Gasteiger partial charge in [-0.1, -0.05) is 38.3 Å². The number of nitrogens with one attached hydrogen (secondary N) is 1. The Hall–Kier alpha value is -0.670. The summed E-state index contributed by atoms with van der Waals surface area (Å²) in [5.41, 5.74) is 0.421. The highest BCUT2D eigenvalue weighted by Gasteiger charge is 2.29. The zero-order valence-corrected chi connectivity index (χ0v) is 13.5. The molecule has 4 heteroatoms. The summed E-state index contributed by atoms with van der Waals surface area (Å²) in [6.45, 7) is 5.14. The van der Waals surface area contributed by atoms with Gasteiger partial charge in [0.15, 0.2) is 0 Å². The van der Waals surface area contributed by atoms with E-state index < -0.39 is 11.6 Å². The summed E-state index contributed by atoms with van der Waals surface area (Å²) in [5.74, 6) is 0.150. The summed E-state index contributed by atoms with van der Waals surface area (Å²) in [4.78, 5) is 0. The molecule has 0 amide bonds. The number of hydrogen-bond acceptors (Lipinski definition) is 1. The van der Waals surface area contributed by atoms with Gasteiger partial charge in [0.1, 0.15) is 11.6 Å². The summed E-state index contributed by atoms with van der Waals surface area (Å²) in [5, 5.41) is 3.26. The first kappa shape index (κ1) is 16.7. The lowest BCUT2D eigenvalue weighted by Gasteiger charge is -2.34. The van der Waals surface area contributed by atoms with Crippen molar-refractivity contribution >= 4 is 11.6 Å². The van der Waals surface area contributed by atoms with Crippen molar-refractivity contribution < 1.29 is 8.78 Å². The molecule has 1 nitrogen and oxygen atoms in total. The van der Waals surface area contributed by atoms with E-state index in [1.807, 2.05) is 0 Å². The molecular formula is C17H24ClF2N. The van der Waals surface area contributed by atoms with E-state index in [2.05, 4.69) is 19.2 Å². The lowest BCUT2D eigenvalue weighted by atomic mass is 9.77. The standard InChI is InChI=1S/C17H24ClF2N/c1-3-8-21-17(12-6-4-11(2)5-7-12)13-9-16(20)14(18)10-15(13)19/h9-12,17,21H,3-8H2,1-2H3. The molecule has 118 valence electrons. The number of halogens is 3. The summed E-state index contributed by atoms with van der Waals surface area (Å²) < 4.78 is 28.0. The van der Waals surface area contributed by atoms with E-state index in [0.717, 1.165) is 50.6 Å². The van der Waals surface area contributed by atoms with Crippen LogP contribution in [0.25, 0.3) is 0 Å². The molecule has 1 aromatic rings. The quantitative estimate of drug-likeness (QED) is 0.709. The second-order valence-corrected chi connectivity index (χ2v) is 6.65. The van der Waals surface area contributed by atoms with Crippen LogP contribution in [0.5, 0.6) is 0 Å². The van der Waals surface area contributed by atoms with Crippen LogP contribution in [-0.4, -0.2) is 6.54 Å². The largest absolute Gasteiger partial charge is 0.310 e. The Balaban J connectivity index is 2.25. The van der Waals surface area contributed by atoms with E-state index in [4.69, 9.17) is 11.6 Å². The molecule has 1 aliphatic carbocycles. The van der Waals surface area contributed by atoms with Crippen molar-refractivity contribution in [3.8, 4) is 0 Å². The molecular weight excluding hydrogens is 292 g/mol. The molecule has 1 aliphatic rings. The van der Waals surface area contributed by atoms with Crippen LogP contribution in [0.15, 0.2) is 12.1 Å². The maximum Gasteiger partial charge on any atom is 0.142 e. The maximum absolute atomic E-state index is 14.2. The molecule has 21 heavy (non-hydrogen) atoms. The third kappa shape index (κ3) is 4.17. The van der Waals surface area contributed by atoms with Gasteiger partial charge in [0.25, 0.3) is 0 Å². The minimum absolute atomic E-state index is 0.121. The van der Waals surface area contributed by atoms with Gasteiger partial charge < -0.3 is 5.32 Å². The molecule has 1 fully saturated rings. The Morgan fingerprint density at radius 3 is 2.48 bits per heavy atom. The summed E-state index contributed by atoms with van der Waals surface area (Å²) in [6.07, 6.45) is 5.41. The van der Waals surface area contributed by atoms with Gasteiger partial charge in [-0.25, -0.2) is 8.78 Å². The second-order valence-electron chi connectivity index (χ2n) is 6.24. The number of benzene rings is 1. The molecule has 0 heterocycles. The van der Waals surface area contributed by atoms with E-state index in [0.29, 0.717) is 11.5 Å². The highest BCUT2D eigenvalue weighted by atomic mass is 35.5. The van der Waals surface area contributed by atoms with Crippen LogP contribution >= 0.6 is 11.6 Å².